The van der Waals surface area contributed by atoms with Crippen molar-refractivity contribution in [3.05, 3.63) is 29.8 Å². The van der Waals surface area contributed by atoms with E-state index < -0.39 is 17.2 Å². The van der Waals surface area contributed by atoms with E-state index in [1.165, 1.54) is 12.1 Å². The van der Waals surface area contributed by atoms with E-state index in [9.17, 15) is 20.1 Å². The van der Waals surface area contributed by atoms with Crippen LogP contribution in [0.5, 0.6) is 5.75 Å². The number of carbonyl (C=O) groups is 1. The molecule has 5 nitrogen and oxygen atoms in total. The number of aromatic hydroxyl groups is 1. The lowest BCUT2D eigenvalue weighted by Gasteiger charge is -2.24. The van der Waals surface area contributed by atoms with Gasteiger partial charge in [0.2, 0.25) is 0 Å². The number of rotatable bonds is 4. The zero-order valence-corrected chi connectivity index (χ0v) is 11.4. The van der Waals surface area contributed by atoms with Gasteiger partial charge in [-0.05, 0) is 32.9 Å². The Balaban J connectivity index is 2.62. The molecule has 0 amide bonds. The number of esters is 1. The van der Waals surface area contributed by atoms with E-state index in [0.29, 0.717) is 0 Å². The van der Waals surface area contributed by atoms with Gasteiger partial charge < -0.3 is 20.1 Å². The highest BCUT2D eigenvalue weighted by atomic mass is 16.5. The molecule has 0 aliphatic carbocycles. The van der Waals surface area contributed by atoms with E-state index in [0.717, 1.165) is 0 Å². The third-order valence-electron chi connectivity index (χ3n) is 2.63. The van der Waals surface area contributed by atoms with Gasteiger partial charge in [-0.3, -0.25) is 4.79 Å². The van der Waals surface area contributed by atoms with Gasteiger partial charge in [0.25, 0.3) is 0 Å². The Hall–Kier alpha value is -1.59. The number of phenolic OH excluding ortho intramolecular Hbond substituents is 1. The maximum atomic E-state index is 11.5. The number of carbonyl (C=O) groups excluding carboxylic acids is 1. The lowest BCUT2D eigenvalue weighted by atomic mass is 9.97. The minimum Gasteiger partial charge on any atom is -0.507 e. The molecule has 19 heavy (non-hydrogen) atoms. The van der Waals surface area contributed by atoms with E-state index in [2.05, 4.69) is 0 Å². The molecule has 0 saturated carbocycles. The van der Waals surface area contributed by atoms with Crippen molar-refractivity contribution < 1.29 is 24.9 Å². The maximum Gasteiger partial charge on any atom is 0.311 e. The molecule has 0 heterocycles. The highest BCUT2D eigenvalue weighted by molar-refractivity contribution is 5.75. The standard InChI is InChI=1S/C14H20O5/c1-13(2,3)12(16)19-9-8-14(17,18)10-6-4-5-7-11(10)15/h4-7,15,17-18H,8-9H2,1-3H3. The third kappa shape index (κ3) is 4.22. The van der Waals surface area contributed by atoms with Crippen LogP contribution in [0.2, 0.25) is 0 Å². The molecule has 106 valence electrons. The number of hydrogen-bond donors (Lipinski definition) is 3. The van der Waals surface area contributed by atoms with Crippen molar-refractivity contribution in [1.29, 1.82) is 0 Å². The topological polar surface area (TPSA) is 87.0 Å². The molecular formula is C14H20O5. The second-order valence-electron chi connectivity index (χ2n) is 5.47. The van der Waals surface area contributed by atoms with Gasteiger partial charge in [-0.15, -0.1) is 0 Å². The summed E-state index contributed by atoms with van der Waals surface area (Å²) in [6.45, 7) is 4.99. The summed E-state index contributed by atoms with van der Waals surface area (Å²) in [4.78, 5) is 11.5. The van der Waals surface area contributed by atoms with E-state index in [1.54, 1.807) is 32.9 Å². The molecule has 0 atom stereocenters. The Morgan fingerprint density at radius 3 is 2.32 bits per heavy atom. The van der Waals surface area contributed by atoms with Gasteiger partial charge in [0.05, 0.1) is 17.6 Å². The lowest BCUT2D eigenvalue weighted by Crippen LogP contribution is -2.29. The summed E-state index contributed by atoms with van der Waals surface area (Å²) in [6, 6.07) is 5.92. The number of phenols is 1. The van der Waals surface area contributed by atoms with E-state index >= 15 is 0 Å². The highest BCUT2D eigenvalue weighted by Crippen LogP contribution is 2.29. The molecule has 5 heteroatoms. The number of benzene rings is 1. The monoisotopic (exact) mass is 268 g/mol. The van der Waals surface area contributed by atoms with Crippen LogP contribution in [-0.4, -0.2) is 27.9 Å². The summed E-state index contributed by atoms with van der Waals surface area (Å²) < 4.78 is 4.96. The largest absolute Gasteiger partial charge is 0.507 e. The first kappa shape index (κ1) is 15.5. The predicted molar refractivity (Wildman–Crippen MR) is 69.3 cm³/mol. The van der Waals surface area contributed by atoms with Crippen molar-refractivity contribution in [3.63, 3.8) is 0 Å². The SMILES string of the molecule is CC(C)(C)C(=O)OCCC(O)(O)c1ccccc1O. The average Bonchev–Trinajstić information content (AvgIpc) is 2.27. The summed E-state index contributed by atoms with van der Waals surface area (Å²) in [6.07, 6.45) is -0.216. The zero-order valence-electron chi connectivity index (χ0n) is 11.4. The van der Waals surface area contributed by atoms with Crippen LogP contribution in [0.25, 0.3) is 0 Å². The normalized spacial score (nSPS) is 12.3. The molecule has 0 fully saturated rings. The molecule has 0 aromatic heterocycles. The van der Waals surface area contributed by atoms with Crippen molar-refractivity contribution in [3.8, 4) is 5.75 Å². The van der Waals surface area contributed by atoms with Gasteiger partial charge >= 0.3 is 5.97 Å². The molecule has 0 saturated heterocycles. The number of ether oxygens (including phenoxy) is 1. The van der Waals surface area contributed by atoms with Crippen LogP contribution in [0.15, 0.2) is 24.3 Å². The molecule has 0 spiro atoms. The second kappa shape index (κ2) is 5.59. The first-order valence-electron chi connectivity index (χ1n) is 6.05. The van der Waals surface area contributed by atoms with Crippen molar-refractivity contribution in [2.75, 3.05) is 6.61 Å². The zero-order chi connectivity index (χ0) is 14.7. The number of aliphatic hydroxyl groups is 2. The Bertz CT molecular complexity index is 445. The lowest BCUT2D eigenvalue weighted by molar-refractivity contribution is -0.187. The van der Waals surface area contributed by atoms with Gasteiger partial charge in [-0.25, -0.2) is 0 Å². The number of hydrogen-bond acceptors (Lipinski definition) is 5. The van der Waals surface area contributed by atoms with Crippen molar-refractivity contribution in [2.45, 2.75) is 33.0 Å². The van der Waals surface area contributed by atoms with Gasteiger partial charge in [0.1, 0.15) is 5.75 Å². The minimum atomic E-state index is -2.23. The molecule has 1 rings (SSSR count). The molecule has 0 aliphatic rings. The van der Waals surface area contributed by atoms with Crippen LogP contribution in [0.1, 0.15) is 32.8 Å². The Labute approximate surface area is 112 Å². The van der Waals surface area contributed by atoms with Crippen LogP contribution in [0, 0.1) is 5.41 Å². The molecule has 1 aromatic rings. The van der Waals surface area contributed by atoms with E-state index in [1.807, 2.05) is 0 Å². The van der Waals surface area contributed by atoms with E-state index in [-0.39, 0.29) is 24.3 Å². The van der Waals surface area contributed by atoms with Crippen LogP contribution >= 0.6 is 0 Å². The fourth-order valence-electron chi connectivity index (χ4n) is 1.45. The van der Waals surface area contributed by atoms with Crippen molar-refractivity contribution in [2.24, 2.45) is 5.41 Å². The molecule has 0 bridgehead atoms. The highest BCUT2D eigenvalue weighted by Gasteiger charge is 2.30. The average molecular weight is 268 g/mol. The van der Waals surface area contributed by atoms with Crippen molar-refractivity contribution in [1.82, 2.24) is 0 Å². The summed E-state index contributed by atoms with van der Waals surface area (Å²) >= 11 is 0. The molecule has 0 radical (unpaired) electrons. The van der Waals surface area contributed by atoms with Gasteiger partial charge in [0, 0.05) is 6.42 Å². The third-order valence-corrected chi connectivity index (χ3v) is 2.63. The first-order valence-corrected chi connectivity index (χ1v) is 6.05. The smallest absolute Gasteiger partial charge is 0.311 e. The summed E-state index contributed by atoms with van der Waals surface area (Å²) in [5, 5.41) is 29.3. The Morgan fingerprint density at radius 1 is 1.21 bits per heavy atom. The molecule has 1 aromatic carbocycles. The Morgan fingerprint density at radius 2 is 1.79 bits per heavy atom. The minimum absolute atomic E-state index is 0.0122. The molecule has 0 aliphatic heterocycles. The van der Waals surface area contributed by atoms with Crippen LogP contribution in [0.4, 0.5) is 0 Å². The Kier molecular flexibility index (Phi) is 4.55. The number of para-hydroxylation sites is 1. The quantitative estimate of drug-likeness (QED) is 0.569. The predicted octanol–water partition coefficient (Wildman–Crippen LogP) is 1.51. The fraction of sp³-hybridized carbons (Fsp3) is 0.500. The van der Waals surface area contributed by atoms with Crippen LogP contribution in [-0.2, 0) is 15.3 Å². The van der Waals surface area contributed by atoms with Gasteiger partial charge in [-0.2, -0.15) is 0 Å². The summed E-state index contributed by atoms with van der Waals surface area (Å²) in [5.74, 6) is -2.86. The molecule has 3 N–H and O–H groups in total. The summed E-state index contributed by atoms with van der Waals surface area (Å²) in [7, 11) is 0. The van der Waals surface area contributed by atoms with Crippen LogP contribution in [0.3, 0.4) is 0 Å². The fourth-order valence-corrected chi connectivity index (χ4v) is 1.45. The van der Waals surface area contributed by atoms with Crippen LogP contribution < -0.4 is 0 Å². The second-order valence-corrected chi connectivity index (χ2v) is 5.47. The maximum absolute atomic E-state index is 11.5. The molecule has 0 unspecified atom stereocenters. The molecular weight excluding hydrogens is 248 g/mol. The van der Waals surface area contributed by atoms with Gasteiger partial charge in [0.15, 0.2) is 5.79 Å². The first-order chi connectivity index (χ1) is 8.64. The van der Waals surface area contributed by atoms with E-state index in [4.69, 9.17) is 4.74 Å². The summed E-state index contributed by atoms with van der Waals surface area (Å²) in [5.41, 5.74) is -0.649. The van der Waals surface area contributed by atoms with Crippen molar-refractivity contribution >= 4 is 5.97 Å². The van der Waals surface area contributed by atoms with Gasteiger partial charge in [-0.1, -0.05) is 12.1 Å².